The van der Waals surface area contributed by atoms with Gasteiger partial charge >= 0.3 is 18.4 Å². The van der Waals surface area contributed by atoms with E-state index in [2.05, 4.69) is 25.3 Å². The molecule has 2 aromatic heterocycles. The Morgan fingerprint density at radius 1 is 1.16 bits per heavy atom. The first-order chi connectivity index (χ1) is 15.0. The Hall–Kier alpha value is -3.09. The molecule has 2 aromatic rings. The fourth-order valence-electron chi connectivity index (χ4n) is 4.12. The first-order valence-corrected chi connectivity index (χ1v) is 9.65. The lowest BCUT2D eigenvalue weighted by Gasteiger charge is -2.30. The number of fused-ring (bicyclic) bond motifs is 2. The molecule has 4 heterocycles. The number of hydrogen-bond donors (Lipinski definition) is 2. The molecule has 5 rings (SSSR count). The van der Waals surface area contributed by atoms with Crippen molar-refractivity contribution in [3.05, 3.63) is 35.5 Å². The molecule has 170 valence electrons. The highest BCUT2D eigenvalue weighted by Gasteiger charge is 2.50. The zero-order valence-corrected chi connectivity index (χ0v) is 16.1. The first kappa shape index (κ1) is 20.8. The summed E-state index contributed by atoms with van der Waals surface area (Å²) in [6, 6.07) is 2.84. The fraction of sp³-hybridized carbons (Fsp3) is 0.421. The van der Waals surface area contributed by atoms with E-state index < -0.39 is 41.5 Å². The van der Waals surface area contributed by atoms with Crippen LogP contribution in [0.3, 0.4) is 0 Å². The van der Waals surface area contributed by atoms with Crippen LogP contribution >= 0.6 is 0 Å². The average Bonchev–Trinajstić information content (AvgIpc) is 3.50. The minimum atomic E-state index is -5.01. The lowest BCUT2D eigenvalue weighted by Crippen LogP contribution is -2.44. The van der Waals surface area contributed by atoms with E-state index in [1.807, 2.05) is 0 Å². The van der Waals surface area contributed by atoms with Gasteiger partial charge in [0.2, 0.25) is 6.10 Å². The van der Waals surface area contributed by atoms with Crippen LogP contribution in [-0.4, -0.2) is 47.4 Å². The van der Waals surface area contributed by atoms with Gasteiger partial charge in [-0.3, -0.25) is 5.32 Å². The number of carbonyl (C=O) groups is 1. The van der Waals surface area contributed by atoms with Crippen molar-refractivity contribution in [3.63, 3.8) is 0 Å². The van der Waals surface area contributed by atoms with E-state index in [0.717, 1.165) is 24.8 Å². The number of aromatic nitrogens is 2. The Morgan fingerprint density at radius 2 is 1.94 bits per heavy atom. The molecule has 0 bridgehead atoms. The van der Waals surface area contributed by atoms with Crippen LogP contribution in [0.4, 0.5) is 42.8 Å². The first-order valence-electron chi connectivity index (χ1n) is 9.65. The van der Waals surface area contributed by atoms with Crippen molar-refractivity contribution in [1.82, 2.24) is 15.3 Å². The molecule has 2 N–H and O–H groups in total. The van der Waals surface area contributed by atoms with Crippen LogP contribution in [0, 0.1) is 0 Å². The van der Waals surface area contributed by atoms with Crippen molar-refractivity contribution in [2.45, 2.75) is 37.0 Å². The number of anilines is 2. The molecule has 3 aliphatic rings. The van der Waals surface area contributed by atoms with Gasteiger partial charge < -0.3 is 15.0 Å². The van der Waals surface area contributed by atoms with Crippen LogP contribution in [-0.2, 0) is 10.9 Å². The van der Waals surface area contributed by atoms with Crippen LogP contribution < -0.4 is 15.5 Å². The molecule has 2 fully saturated rings. The quantitative estimate of drug-likeness (QED) is 0.664. The Labute approximate surface area is 176 Å². The van der Waals surface area contributed by atoms with E-state index in [4.69, 9.17) is 0 Å². The van der Waals surface area contributed by atoms with Crippen molar-refractivity contribution in [2.75, 3.05) is 23.3 Å². The van der Waals surface area contributed by atoms with Crippen LogP contribution in [0.25, 0.3) is 11.3 Å². The van der Waals surface area contributed by atoms with E-state index in [1.165, 1.54) is 0 Å². The predicted molar refractivity (Wildman–Crippen MR) is 98.9 cm³/mol. The number of carbonyl (C=O) groups excluding carboxylic acids is 1. The molecule has 2 unspecified atom stereocenters. The third kappa shape index (κ3) is 3.59. The summed E-state index contributed by atoms with van der Waals surface area (Å²) >= 11 is 0. The third-order valence-corrected chi connectivity index (χ3v) is 5.62. The second-order valence-electron chi connectivity index (χ2n) is 7.73. The van der Waals surface area contributed by atoms with E-state index in [0.29, 0.717) is 19.2 Å². The molecule has 0 radical (unpaired) electrons. The van der Waals surface area contributed by atoms with Crippen molar-refractivity contribution in [1.29, 1.82) is 0 Å². The number of pyridine rings is 2. The molecule has 1 amide bonds. The minimum absolute atomic E-state index is 0.0236. The zero-order valence-electron chi connectivity index (χ0n) is 16.1. The zero-order chi connectivity index (χ0) is 22.8. The Balaban J connectivity index is 1.68. The number of hydrogen-bond acceptors (Lipinski definition) is 6. The van der Waals surface area contributed by atoms with Gasteiger partial charge in [0, 0.05) is 36.9 Å². The minimum Gasteiger partial charge on any atom is -0.431 e. The SMILES string of the molecule is O=C1Nc2nccc(-c3cc(C(F)(F)F)cc(N4CCNC5CC54)n3)c2[C@H](C(F)(F)F)O1. The van der Waals surface area contributed by atoms with Crippen LogP contribution in [0.1, 0.15) is 23.7 Å². The third-order valence-electron chi connectivity index (χ3n) is 5.62. The second-order valence-corrected chi connectivity index (χ2v) is 7.73. The van der Waals surface area contributed by atoms with Crippen molar-refractivity contribution < 1.29 is 35.9 Å². The molecule has 1 saturated heterocycles. The molecule has 2 aliphatic heterocycles. The normalized spacial score (nSPS) is 24.9. The maximum absolute atomic E-state index is 13.7. The molecule has 1 saturated carbocycles. The number of halogens is 6. The molecule has 0 aromatic carbocycles. The largest absolute Gasteiger partial charge is 0.431 e. The van der Waals surface area contributed by atoms with Gasteiger partial charge in [0.15, 0.2) is 0 Å². The predicted octanol–water partition coefficient (Wildman–Crippen LogP) is 3.88. The number of ether oxygens (including phenoxy) is 1. The molecule has 1 aliphatic carbocycles. The monoisotopic (exact) mass is 459 g/mol. The number of nitrogens with one attached hydrogen (secondary N) is 2. The van der Waals surface area contributed by atoms with Gasteiger partial charge in [-0.15, -0.1) is 0 Å². The van der Waals surface area contributed by atoms with Crippen molar-refractivity contribution in [3.8, 4) is 11.3 Å². The number of nitrogens with zero attached hydrogens (tertiary/aromatic N) is 3. The standard InChI is InChI=1S/C19H15F6N5O2/c20-18(21,22)8-5-10(28-13(6-8)30-4-3-26-11-7-12(11)30)9-1-2-27-16-14(9)15(19(23,24)25)32-17(31)29-16/h1-2,5-6,11-12,15,26H,3-4,7H2,(H,27,29,31)/t11?,12?,15-/m1/s1. The summed E-state index contributed by atoms with van der Waals surface area (Å²) in [6.45, 7) is 0.961. The summed E-state index contributed by atoms with van der Waals surface area (Å²) in [5.41, 5.74) is -2.21. The average molecular weight is 459 g/mol. The van der Waals surface area contributed by atoms with Gasteiger partial charge in [-0.2, -0.15) is 26.3 Å². The summed E-state index contributed by atoms with van der Waals surface area (Å²) in [6.07, 6.45) is -12.0. The summed E-state index contributed by atoms with van der Waals surface area (Å²) in [5.74, 6) is -0.412. The number of amides is 1. The van der Waals surface area contributed by atoms with Gasteiger partial charge in [-0.05, 0) is 24.6 Å². The van der Waals surface area contributed by atoms with Gasteiger partial charge in [0.25, 0.3) is 0 Å². The van der Waals surface area contributed by atoms with Gasteiger partial charge in [-0.1, -0.05) is 0 Å². The van der Waals surface area contributed by atoms with Gasteiger partial charge in [-0.25, -0.2) is 14.8 Å². The molecule has 13 heteroatoms. The highest BCUT2D eigenvalue weighted by Crippen LogP contribution is 2.46. The molecule has 32 heavy (non-hydrogen) atoms. The maximum Gasteiger partial charge on any atom is 0.430 e. The molecule has 7 nitrogen and oxygen atoms in total. The van der Waals surface area contributed by atoms with E-state index in [-0.39, 0.29) is 29.2 Å². The molecule has 3 atom stereocenters. The highest BCUT2D eigenvalue weighted by atomic mass is 19.4. The maximum atomic E-state index is 13.7. The topological polar surface area (TPSA) is 79.4 Å². The summed E-state index contributed by atoms with van der Waals surface area (Å²) < 4.78 is 86.3. The highest BCUT2D eigenvalue weighted by molar-refractivity contribution is 5.89. The summed E-state index contributed by atoms with van der Waals surface area (Å²) in [7, 11) is 0. The Morgan fingerprint density at radius 3 is 2.66 bits per heavy atom. The van der Waals surface area contributed by atoms with Crippen molar-refractivity contribution in [2.24, 2.45) is 0 Å². The fourth-order valence-corrected chi connectivity index (χ4v) is 4.12. The Bertz CT molecular complexity index is 1090. The smallest absolute Gasteiger partial charge is 0.430 e. The lowest BCUT2D eigenvalue weighted by molar-refractivity contribution is -0.206. The summed E-state index contributed by atoms with van der Waals surface area (Å²) in [4.78, 5) is 21.3. The molecular formula is C19H15F6N5O2. The van der Waals surface area contributed by atoms with Crippen LogP contribution in [0.5, 0.6) is 0 Å². The summed E-state index contributed by atoms with van der Waals surface area (Å²) in [5, 5.41) is 5.30. The lowest BCUT2D eigenvalue weighted by atomic mass is 9.98. The van der Waals surface area contributed by atoms with E-state index >= 15 is 0 Å². The van der Waals surface area contributed by atoms with Gasteiger partial charge in [0.05, 0.1) is 16.8 Å². The van der Waals surface area contributed by atoms with Crippen LogP contribution in [0.15, 0.2) is 24.4 Å². The van der Waals surface area contributed by atoms with Crippen molar-refractivity contribution >= 4 is 17.7 Å². The van der Waals surface area contributed by atoms with E-state index in [1.54, 1.807) is 4.90 Å². The Kier molecular flexibility index (Phi) is 4.52. The van der Waals surface area contributed by atoms with Crippen LogP contribution in [0.2, 0.25) is 0 Å². The number of piperazine rings is 1. The number of rotatable bonds is 2. The van der Waals surface area contributed by atoms with E-state index in [9.17, 15) is 31.1 Å². The molecular weight excluding hydrogens is 444 g/mol. The van der Waals surface area contributed by atoms with Gasteiger partial charge in [0.1, 0.15) is 11.6 Å². The second kappa shape index (κ2) is 6.95. The number of alkyl halides is 6. The molecule has 0 spiro atoms. The number of cyclic esters (lactones) is 1.